The van der Waals surface area contributed by atoms with Gasteiger partial charge in [-0.2, -0.15) is 79.2 Å². The fourth-order valence-electron chi connectivity index (χ4n) is 5.16. The number of alkyl halides is 17. The van der Waals surface area contributed by atoms with E-state index in [1.54, 1.807) is 0 Å². The van der Waals surface area contributed by atoms with Crippen molar-refractivity contribution in [2.45, 2.75) is 177 Å². The Bertz CT molecular complexity index is 1110. The number of unbranched alkanes of at least 4 members (excludes halogenated alkanes) is 15. The van der Waals surface area contributed by atoms with Crippen LogP contribution in [0.3, 0.4) is 0 Å². The Kier molecular flexibility index (Phi) is 16.7. The summed E-state index contributed by atoms with van der Waals surface area (Å²) in [4.78, 5) is 0. The predicted molar refractivity (Wildman–Crippen MR) is 149 cm³/mol. The molecule has 0 saturated carbocycles. The molecule has 0 spiro atoms. The van der Waals surface area contributed by atoms with E-state index >= 15 is 0 Å². The van der Waals surface area contributed by atoms with E-state index < -0.39 is 65.2 Å². The molecule has 0 amide bonds. The van der Waals surface area contributed by atoms with Crippen LogP contribution in [0.5, 0.6) is 0 Å². The normalized spacial score (nSPS) is 14.5. The molecule has 0 aliphatic rings. The van der Waals surface area contributed by atoms with Crippen molar-refractivity contribution >= 4 is 0 Å². The molecule has 1 rings (SSSR count). The van der Waals surface area contributed by atoms with Crippen molar-refractivity contribution in [3.63, 3.8) is 0 Å². The van der Waals surface area contributed by atoms with E-state index in [-0.39, 0.29) is 25.5 Å². The third-order valence-electron chi connectivity index (χ3n) is 8.42. The van der Waals surface area contributed by atoms with E-state index in [0.29, 0.717) is 19.0 Å². The minimum absolute atomic E-state index is 0.0212. The molecule has 19 heteroatoms. The van der Waals surface area contributed by atoms with Crippen LogP contribution in [-0.2, 0) is 12.6 Å². The van der Waals surface area contributed by atoms with Gasteiger partial charge in [0.1, 0.15) is 12.4 Å². The first kappa shape index (κ1) is 46.0. The van der Waals surface area contributed by atoms with E-state index in [4.69, 9.17) is 0 Å². The molecule has 296 valence electrons. The highest BCUT2D eigenvalue weighted by Gasteiger charge is 2.94. The maximum Gasteiger partial charge on any atom is 0.469 e. The average Bonchev–Trinajstić information content (AvgIpc) is 3.49. The minimum Gasteiger partial charge on any atom is -0.237 e. The van der Waals surface area contributed by atoms with Crippen molar-refractivity contribution in [3.8, 4) is 0 Å². The van der Waals surface area contributed by atoms with Crippen molar-refractivity contribution < 1.29 is 79.2 Å². The number of hydrogen-bond donors (Lipinski definition) is 0. The van der Waals surface area contributed by atoms with Crippen LogP contribution in [-0.4, -0.2) is 46.3 Å². The number of hydrogen-bond acceptors (Lipinski definition) is 0. The predicted octanol–water partition coefficient (Wildman–Crippen LogP) is 12.7. The molecule has 0 aromatic carbocycles. The van der Waals surface area contributed by atoms with Gasteiger partial charge in [0.05, 0.1) is 6.54 Å². The fourth-order valence-corrected chi connectivity index (χ4v) is 5.16. The summed E-state index contributed by atoms with van der Waals surface area (Å²) in [5.74, 6) is -47.1. The van der Waals surface area contributed by atoms with Gasteiger partial charge in [-0.05, 0) is 12.8 Å². The van der Waals surface area contributed by atoms with Gasteiger partial charge in [-0.15, -0.1) is 0 Å². The standard InChI is InChI=1S/C31H44F17N2/c1-2-3-4-5-6-7-8-9-10-11-12-13-14-15-16-17-20-49-21-22-50(23-49)31(47,48)30(45,46)29(43,44)28(41,42)27(39,40)26(37,38)24(32,33)18-19-25(34,35)36/h21-23H,2-20H2,1H3/q+1. The number of rotatable bonds is 26. The smallest absolute Gasteiger partial charge is 0.237 e. The summed E-state index contributed by atoms with van der Waals surface area (Å²) >= 11 is 0. The molecule has 0 bridgehead atoms. The van der Waals surface area contributed by atoms with Crippen LogP contribution in [0.2, 0.25) is 0 Å². The summed E-state index contributed by atoms with van der Waals surface area (Å²) in [7, 11) is 0. The highest BCUT2D eigenvalue weighted by atomic mass is 19.4. The Hall–Kier alpha value is -1.98. The summed E-state index contributed by atoms with van der Waals surface area (Å²) in [6, 6.07) is -6.54. The van der Waals surface area contributed by atoms with E-state index in [1.165, 1.54) is 44.9 Å². The zero-order chi connectivity index (χ0) is 38.7. The Morgan fingerprint density at radius 2 is 0.800 bits per heavy atom. The van der Waals surface area contributed by atoms with E-state index in [0.717, 1.165) is 43.1 Å². The number of nitrogens with zero attached hydrogens (tertiary/aromatic N) is 2. The van der Waals surface area contributed by atoms with Crippen LogP contribution in [0.15, 0.2) is 18.7 Å². The Balaban J connectivity index is 2.74. The molecule has 0 fully saturated rings. The van der Waals surface area contributed by atoms with Gasteiger partial charge in [-0.1, -0.05) is 96.8 Å². The van der Waals surface area contributed by atoms with Crippen molar-refractivity contribution in [2.24, 2.45) is 0 Å². The van der Waals surface area contributed by atoms with Gasteiger partial charge in [-0.25, -0.2) is 4.57 Å². The van der Waals surface area contributed by atoms with Crippen LogP contribution >= 0.6 is 0 Å². The molecule has 0 aliphatic heterocycles. The molecule has 1 heterocycles. The maximum atomic E-state index is 14.6. The van der Waals surface area contributed by atoms with Gasteiger partial charge in [0.15, 0.2) is 0 Å². The molecule has 1 aromatic heterocycles. The number of halogens is 17. The topological polar surface area (TPSA) is 8.81 Å². The first-order chi connectivity index (χ1) is 22.7. The maximum absolute atomic E-state index is 14.6. The van der Waals surface area contributed by atoms with Crippen LogP contribution in [0.4, 0.5) is 74.6 Å². The van der Waals surface area contributed by atoms with Gasteiger partial charge in [0.2, 0.25) is 6.33 Å². The Morgan fingerprint density at radius 3 is 1.20 bits per heavy atom. The molecule has 0 atom stereocenters. The molecule has 2 nitrogen and oxygen atoms in total. The third kappa shape index (κ3) is 11.0. The lowest BCUT2D eigenvalue weighted by Gasteiger charge is -2.41. The lowest BCUT2D eigenvalue weighted by molar-refractivity contribution is -0.697. The van der Waals surface area contributed by atoms with Gasteiger partial charge < -0.3 is 0 Å². The first-order valence-corrected chi connectivity index (χ1v) is 16.5. The summed E-state index contributed by atoms with van der Waals surface area (Å²) in [5.41, 5.74) is 0. The zero-order valence-electron chi connectivity index (χ0n) is 27.5. The average molecular weight is 768 g/mol. The van der Waals surface area contributed by atoms with Crippen molar-refractivity contribution in [1.82, 2.24) is 4.57 Å². The summed E-state index contributed by atoms with van der Waals surface area (Å²) in [5, 5.41) is 0. The molecule has 1 aromatic rings. The number of aromatic nitrogens is 2. The highest BCUT2D eigenvalue weighted by Crippen LogP contribution is 2.63. The van der Waals surface area contributed by atoms with Crippen molar-refractivity contribution in [2.75, 3.05) is 0 Å². The second-order valence-electron chi connectivity index (χ2n) is 12.6. The SMILES string of the molecule is CCCCCCCCCCCCCCCCCC[n+]1ccn(C(F)(F)C(F)(F)C(F)(F)C(F)(F)C(F)(F)C(F)(F)C(F)(F)CCC(F)(F)F)c1. The van der Waals surface area contributed by atoms with Gasteiger partial charge in [-0.3, -0.25) is 0 Å². The summed E-state index contributed by atoms with van der Waals surface area (Å²) in [6.07, 6.45) is 4.73. The van der Waals surface area contributed by atoms with Crippen molar-refractivity contribution in [3.05, 3.63) is 18.7 Å². The lowest BCUT2D eigenvalue weighted by atomic mass is 9.89. The quantitative estimate of drug-likeness (QED) is 0.0504. The van der Waals surface area contributed by atoms with Crippen LogP contribution in [0.25, 0.3) is 0 Å². The second-order valence-corrected chi connectivity index (χ2v) is 12.6. The molecule has 0 aliphatic carbocycles. The third-order valence-corrected chi connectivity index (χ3v) is 8.42. The van der Waals surface area contributed by atoms with Gasteiger partial charge in [0.25, 0.3) is 0 Å². The number of imidazole rings is 1. The molecular formula is C31H44F17N2+. The zero-order valence-corrected chi connectivity index (χ0v) is 27.5. The highest BCUT2D eigenvalue weighted by molar-refractivity contribution is 5.13. The molecule has 0 N–H and O–H groups in total. The molecule has 0 radical (unpaired) electrons. The Labute approximate surface area is 279 Å². The fraction of sp³-hybridized carbons (Fsp3) is 0.903. The first-order valence-electron chi connectivity index (χ1n) is 16.5. The van der Waals surface area contributed by atoms with Gasteiger partial charge in [0, 0.05) is 12.8 Å². The molecule has 50 heavy (non-hydrogen) atoms. The molecular weight excluding hydrogens is 723 g/mol. The van der Waals surface area contributed by atoms with Crippen LogP contribution < -0.4 is 4.57 Å². The monoisotopic (exact) mass is 767 g/mol. The minimum atomic E-state index is -8.35. The summed E-state index contributed by atoms with van der Waals surface area (Å²) in [6.45, 7) is 1.99. The van der Waals surface area contributed by atoms with E-state index in [9.17, 15) is 74.6 Å². The largest absolute Gasteiger partial charge is 0.469 e. The van der Waals surface area contributed by atoms with E-state index in [1.807, 2.05) is 0 Å². The van der Waals surface area contributed by atoms with Crippen LogP contribution in [0, 0.1) is 0 Å². The number of aryl methyl sites for hydroxylation is 1. The summed E-state index contributed by atoms with van der Waals surface area (Å²) < 4.78 is 233. The van der Waals surface area contributed by atoms with Gasteiger partial charge >= 0.3 is 47.8 Å². The van der Waals surface area contributed by atoms with E-state index in [2.05, 4.69) is 6.92 Å². The second kappa shape index (κ2) is 18.2. The molecule has 0 unspecified atom stereocenters. The Morgan fingerprint density at radius 1 is 0.440 bits per heavy atom. The lowest BCUT2D eigenvalue weighted by Crippen LogP contribution is -2.73. The molecule has 0 saturated heterocycles. The van der Waals surface area contributed by atoms with Crippen molar-refractivity contribution in [1.29, 1.82) is 0 Å². The van der Waals surface area contributed by atoms with Crippen LogP contribution in [0.1, 0.15) is 122 Å².